The highest BCUT2D eigenvalue weighted by atomic mass is 35.5. The van der Waals surface area contributed by atoms with Gasteiger partial charge in [0.25, 0.3) is 0 Å². The van der Waals surface area contributed by atoms with Gasteiger partial charge < -0.3 is 10.4 Å². The maximum absolute atomic E-state index is 12.9. The maximum atomic E-state index is 12.9. The average molecular weight is 429 g/mol. The zero-order valence-electron chi connectivity index (χ0n) is 15.1. The summed E-state index contributed by atoms with van der Waals surface area (Å²) in [6, 6.07) is 17.4. The average Bonchev–Trinajstić information content (AvgIpc) is 2.73. The number of hydrogen-bond acceptors (Lipinski definition) is 5. The number of nitrogens with one attached hydrogen (secondary N) is 3. The molecule has 1 amide bonds. The lowest BCUT2D eigenvalue weighted by atomic mass is 10.0. The zero-order valence-corrected chi connectivity index (χ0v) is 16.7. The number of nitrogens with zero attached hydrogens (tertiary/aromatic N) is 1. The van der Waals surface area contributed by atoms with E-state index in [0.717, 1.165) is 0 Å². The lowest BCUT2D eigenvalue weighted by molar-refractivity contribution is -0.122. The summed E-state index contributed by atoms with van der Waals surface area (Å²) in [6.45, 7) is 0. The normalized spacial score (nSPS) is 12.8. The van der Waals surface area contributed by atoms with Gasteiger partial charge in [-0.05, 0) is 47.5 Å². The van der Waals surface area contributed by atoms with E-state index in [1.807, 2.05) is 0 Å². The predicted octanol–water partition coefficient (Wildman–Crippen LogP) is 3.85. The van der Waals surface area contributed by atoms with Crippen molar-refractivity contribution in [3.05, 3.63) is 99.8 Å². The van der Waals surface area contributed by atoms with E-state index in [1.165, 1.54) is 6.20 Å². The van der Waals surface area contributed by atoms with Crippen molar-refractivity contribution in [1.29, 1.82) is 5.41 Å². The molecule has 3 aromatic rings. The third-order valence-electron chi connectivity index (χ3n) is 4.15. The minimum atomic E-state index is -1.14. The standard InChI is InChI=1S/C21H18Cl2N4O2/c22-15-8-4-13(5-9-15)18(26-20(28)14-6-10-16(23)11-7-14)21(29)27-19(24)17-3-1-2-12-25-17/h1-12,18,20,26,28H,(H2,24,27,29). The molecular formula is C21H18Cl2N4O2. The van der Waals surface area contributed by atoms with E-state index in [2.05, 4.69) is 15.6 Å². The fourth-order valence-corrected chi connectivity index (χ4v) is 2.90. The SMILES string of the molecule is N=C(NC(=O)C(NC(O)c1ccc(Cl)cc1)c1ccc(Cl)cc1)c1ccccn1. The monoisotopic (exact) mass is 428 g/mol. The fourth-order valence-electron chi connectivity index (χ4n) is 2.65. The van der Waals surface area contributed by atoms with Crippen molar-refractivity contribution in [2.45, 2.75) is 12.3 Å². The molecule has 0 aliphatic heterocycles. The number of aliphatic hydroxyl groups excluding tert-OH is 1. The molecule has 8 heteroatoms. The summed E-state index contributed by atoms with van der Waals surface area (Å²) in [5.74, 6) is -0.659. The van der Waals surface area contributed by atoms with Gasteiger partial charge in [0.2, 0.25) is 5.91 Å². The molecule has 0 saturated heterocycles. The molecule has 0 saturated carbocycles. The number of benzene rings is 2. The first-order valence-corrected chi connectivity index (χ1v) is 9.45. The van der Waals surface area contributed by atoms with Crippen LogP contribution in [0.15, 0.2) is 72.9 Å². The third-order valence-corrected chi connectivity index (χ3v) is 4.65. The number of aromatic nitrogens is 1. The minimum absolute atomic E-state index is 0.141. The molecule has 29 heavy (non-hydrogen) atoms. The molecule has 2 unspecified atom stereocenters. The second-order valence-electron chi connectivity index (χ2n) is 6.18. The van der Waals surface area contributed by atoms with Gasteiger partial charge in [-0.3, -0.25) is 20.5 Å². The van der Waals surface area contributed by atoms with Crippen molar-refractivity contribution < 1.29 is 9.90 Å². The molecule has 6 nitrogen and oxygen atoms in total. The summed E-state index contributed by atoms with van der Waals surface area (Å²) < 4.78 is 0. The molecule has 0 aliphatic carbocycles. The number of rotatable bonds is 6. The van der Waals surface area contributed by atoms with Crippen LogP contribution in [0.2, 0.25) is 10.0 Å². The number of pyridine rings is 1. The van der Waals surface area contributed by atoms with Crippen LogP contribution in [0.4, 0.5) is 0 Å². The molecule has 0 bridgehead atoms. The molecule has 1 aromatic heterocycles. The van der Waals surface area contributed by atoms with Gasteiger partial charge in [-0.1, -0.05) is 53.5 Å². The summed E-state index contributed by atoms with van der Waals surface area (Å²) in [5.41, 5.74) is 1.45. The van der Waals surface area contributed by atoms with Crippen LogP contribution in [0.5, 0.6) is 0 Å². The Kier molecular flexibility index (Phi) is 6.95. The number of halogens is 2. The van der Waals surface area contributed by atoms with Crippen molar-refractivity contribution in [2.24, 2.45) is 0 Å². The minimum Gasteiger partial charge on any atom is -0.374 e. The molecule has 0 radical (unpaired) electrons. The number of aliphatic hydroxyl groups is 1. The van der Waals surface area contributed by atoms with Crippen LogP contribution in [-0.2, 0) is 4.79 Å². The van der Waals surface area contributed by atoms with Crippen molar-refractivity contribution in [3.63, 3.8) is 0 Å². The number of amides is 1. The van der Waals surface area contributed by atoms with Crippen molar-refractivity contribution >= 4 is 34.9 Å². The molecule has 0 aliphatic rings. The number of carbonyl (C=O) groups is 1. The summed E-state index contributed by atoms with van der Waals surface area (Å²) >= 11 is 11.8. The van der Waals surface area contributed by atoms with Gasteiger partial charge in [-0.2, -0.15) is 0 Å². The smallest absolute Gasteiger partial charge is 0.247 e. The Labute approximate surface area is 178 Å². The number of carbonyl (C=O) groups excluding carboxylic acids is 1. The first kappa shape index (κ1) is 21.0. The van der Waals surface area contributed by atoms with Crippen LogP contribution in [0.3, 0.4) is 0 Å². The predicted molar refractivity (Wildman–Crippen MR) is 113 cm³/mol. The Hall–Kier alpha value is -2.77. The highest BCUT2D eigenvalue weighted by Gasteiger charge is 2.25. The second kappa shape index (κ2) is 9.62. The Balaban J connectivity index is 1.82. The molecule has 1 heterocycles. The molecule has 0 fully saturated rings. The Morgan fingerprint density at radius 3 is 2.07 bits per heavy atom. The van der Waals surface area contributed by atoms with Gasteiger partial charge >= 0.3 is 0 Å². The second-order valence-corrected chi connectivity index (χ2v) is 7.06. The lowest BCUT2D eigenvalue weighted by Crippen LogP contribution is -2.42. The maximum Gasteiger partial charge on any atom is 0.247 e. The quantitative estimate of drug-likeness (QED) is 0.272. The number of amidine groups is 1. The van der Waals surface area contributed by atoms with Crippen molar-refractivity contribution in [2.75, 3.05) is 0 Å². The van der Waals surface area contributed by atoms with Gasteiger partial charge in [-0.25, -0.2) is 0 Å². The summed E-state index contributed by atoms with van der Waals surface area (Å²) in [7, 11) is 0. The van der Waals surface area contributed by atoms with E-state index >= 15 is 0 Å². The molecule has 2 atom stereocenters. The zero-order chi connectivity index (χ0) is 20.8. The Morgan fingerprint density at radius 2 is 1.52 bits per heavy atom. The third kappa shape index (κ3) is 5.62. The van der Waals surface area contributed by atoms with E-state index in [-0.39, 0.29) is 5.84 Å². The van der Waals surface area contributed by atoms with E-state index in [4.69, 9.17) is 28.6 Å². The van der Waals surface area contributed by atoms with E-state index < -0.39 is 18.2 Å². The summed E-state index contributed by atoms with van der Waals surface area (Å²) in [4.78, 5) is 17.0. The summed E-state index contributed by atoms with van der Waals surface area (Å²) in [5, 5.41) is 25.1. The van der Waals surface area contributed by atoms with Crippen LogP contribution in [0, 0.1) is 5.41 Å². The largest absolute Gasteiger partial charge is 0.374 e. The first-order valence-electron chi connectivity index (χ1n) is 8.70. The van der Waals surface area contributed by atoms with Crippen LogP contribution in [0.25, 0.3) is 0 Å². The lowest BCUT2D eigenvalue weighted by Gasteiger charge is -2.23. The molecule has 3 rings (SSSR count). The van der Waals surface area contributed by atoms with E-state index in [0.29, 0.717) is 26.9 Å². The summed E-state index contributed by atoms with van der Waals surface area (Å²) in [6.07, 6.45) is 0.401. The Bertz CT molecular complexity index is 980. The molecule has 148 valence electrons. The van der Waals surface area contributed by atoms with Gasteiger partial charge in [0.05, 0.1) is 0 Å². The van der Waals surface area contributed by atoms with E-state index in [1.54, 1.807) is 66.7 Å². The highest BCUT2D eigenvalue weighted by molar-refractivity contribution is 6.30. The molecular weight excluding hydrogens is 411 g/mol. The van der Waals surface area contributed by atoms with Crippen LogP contribution in [0.1, 0.15) is 29.1 Å². The molecule has 0 spiro atoms. The topological polar surface area (TPSA) is 98.1 Å². The van der Waals surface area contributed by atoms with Crippen LogP contribution in [-0.4, -0.2) is 21.8 Å². The molecule has 2 aromatic carbocycles. The fraction of sp³-hybridized carbons (Fsp3) is 0.0952. The van der Waals surface area contributed by atoms with Gasteiger partial charge in [0, 0.05) is 16.2 Å². The van der Waals surface area contributed by atoms with Gasteiger partial charge in [0.1, 0.15) is 18.0 Å². The highest BCUT2D eigenvalue weighted by Crippen LogP contribution is 2.22. The first-order chi connectivity index (χ1) is 13.9. The van der Waals surface area contributed by atoms with Crippen LogP contribution < -0.4 is 10.6 Å². The van der Waals surface area contributed by atoms with Crippen molar-refractivity contribution in [1.82, 2.24) is 15.6 Å². The van der Waals surface area contributed by atoms with Crippen LogP contribution >= 0.6 is 23.2 Å². The number of hydrogen-bond donors (Lipinski definition) is 4. The van der Waals surface area contributed by atoms with Crippen molar-refractivity contribution in [3.8, 4) is 0 Å². The molecule has 4 N–H and O–H groups in total. The van der Waals surface area contributed by atoms with Gasteiger partial charge in [-0.15, -0.1) is 0 Å². The van der Waals surface area contributed by atoms with Gasteiger partial charge in [0.15, 0.2) is 5.84 Å². The van der Waals surface area contributed by atoms with E-state index in [9.17, 15) is 9.90 Å². The Morgan fingerprint density at radius 1 is 0.931 bits per heavy atom.